The Hall–Kier alpha value is -1.77. The molecule has 0 saturated heterocycles. The Morgan fingerprint density at radius 1 is 1.33 bits per heavy atom. The molecule has 8 heteroatoms. The first-order valence-corrected chi connectivity index (χ1v) is 9.03. The molecule has 2 aromatic heterocycles. The zero-order chi connectivity index (χ0) is 15.2. The Balaban J connectivity index is 2.08. The maximum Gasteiger partial charge on any atom is 0.175 e. The van der Waals surface area contributed by atoms with Crippen LogP contribution in [0.3, 0.4) is 0 Å². The lowest BCUT2D eigenvalue weighted by Gasteiger charge is -1.96. The molecule has 21 heavy (non-hydrogen) atoms. The number of H-pyrrole nitrogens is 1. The van der Waals surface area contributed by atoms with Crippen molar-refractivity contribution in [3.8, 4) is 11.5 Å². The lowest BCUT2D eigenvalue weighted by Crippen LogP contribution is -2.03. The summed E-state index contributed by atoms with van der Waals surface area (Å²) in [5.41, 5.74) is 7.88. The first kappa shape index (κ1) is 14.2. The normalized spacial score (nSPS) is 13.7. The Kier molecular flexibility index (Phi) is 3.31. The lowest BCUT2D eigenvalue weighted by molar-refractivity contribution is 0.602. The second-order valence-corrected chi connectivity index (χ2v) is 7.80. The van der Waals surface area contributed by atoms with E-state index in [0.29, 0.717) is 22.6 Å². The van der Waals surface area contributed by atoms with Gasteiger partial charge in [0.05, 0.1) is 22.0 Å². The molecule has 6 nitrogen and oxygen atoms in total. The fourth-order valence-corrected chi connectivity index (χ4v) is 3.36. The highest BCUT2D eigenvalue weighted by molar-refractivity contribution is 7.90. The van der Waals surface area contributed by atoms with E-state index in [1.54, 1.807) is 18.2 Å². The highest BCUT2D eigenvalue weighted by atomic mass is 32.2. The number of nitrogens with two attached hydrogens (primary N) is 1. The van der Waals surface area contributed by atoms with E-state index in [9.17, 15) is 8.42 Å². The zero-order valence-corrected chi connectivity index (χ0v) is 13.1. The number of thiazole rings is 1. The van der Waals surface area contributed by atoms with Crippen LogP contribution in [0.4, 0.5) is 0 Å². The molecule has 3 aromatic rings. The van der Waals surface area contributed by atoms with Crippen molar-refractivity contribution in [1.29, 1.82) is 0 Å². The van der Waals surface area contributed by atoms with Gasteiger partial charge >= 0.3 is 0 Å². The van der Waals surface area contributed by atoms with Crippen molar-refractivity contribution >= 4 is 32.2 Å². The topological polar surface area (TPSA) is 102 Å². The van der Waals surface area contributed by atoms with Gasteiger partial charge in [-0.1, -0.05) is 0 Å². The van der Waals surface area contributed by atoms with Crippen molar-refractivity contribution in [3.05, 3.63) is 28.6 Å². The van der Waals surface area contributed by atoms with Crippen LogP contribution in [0.25, 0.3) is 22.6 Å². The number of hydrogen-bond acceptors (Lipinski definition) is 6. The van der Waals surface area contributed by atoms with E-state index in [-0.39, 0.29) is 10.9 Å². The smallest absolute Gasteiger partial charge is 0.175 e. The van der Waals surface area contributed by atoms with Crippen molar-refractivity contribution in [2.75, 3.05) is 6.26 Å². The average molecular weight is 322 g/mol. The van der Waals surface area contributed by atoms with Crippen LogP contribution in [0.2, 0.25) is 0 Å². The monoisotopic (exact) mass is 322 g/mol. The molecule has 3 N–H and O–H groups in total. The first-order valence-electron chi connectivity index (χ1n) is 6.26. The SMILES string of the molecule is CC(N)c1nc(-c2nc3ccc(S(C)(=O)=O)cc3[nH]2)cs1. The van der Waals surface area contributed by atoms with Crippen LogP contribution in [0.1, 0.15) is 18.0 Å². The van der Waals surface area contributed by atoms with Crippen LogP contribution in [-0.4, -0.2) is 29.6 Å². The van der Waals surface area contributed by atoms with Gasteiger partial charge in [0.15, 0.2) is 15.7 Å². The molecule has 3 rings (SSSR count). The second-order valence-electron chi connectivity index (χ2n) is 4.90. The minimum Gasteiger partial charge on any atom is -0.337 e. The van der Waals surface area contributed by atoms with E-state index in [2.05, 4.69) is 15.0 Å². The van der Waals surface area contributed by atoms with E-state index >= 15 is 0 Å². The number of fused-ring (bicyclic) bond motifs is 1. The summed E-state index contributed by atoms with van der Waals surface area (Å²) in [6.07, 6.45) is 1.18. The summed E-state index contributed by atoms with van der Waals surface area (Å²) in [6, 6.07) is 4.70. The molecule has 2 heterocycles. The Morgan fingerprint density at radius 3 is 2.71 bits per heavy atom. The number of aromatic amines is 1. The summed E-state index contributed by atoms with van der Waals surface area (Å²) >= 11 is 1.48. The van der Waals surface area contributed by atoms with Crippen molar-refractivity contribution in [2.45, 2.75) is 17.9 Å². The third-order valence-corrected chi connectivity index (χ3v) is 5.19. The molecule has 1 atom stereocenters. The average Bonchev–Trinajstić information content (AvgIpc) is 3.03. The molecule has 1 unspecified atom stereocenters. The van der Waals surface area contributed by atoms with Gasteiger partial charge in [-0.05, 0) is 25.1 Å². The van der Waals surface area contributed by atoms with Gasteiger partial charge in [0.25, 0.3) is 0 Å². The van der Waals surface area contributed by atoms with Crippen molar-refractivity contribution in [1.82, 2.24) is 15.0 Å². The summed E-state index contributed by atoms with van der Waals surface area (Å²) in [7, 11) is -3.23. The molecule has 0 bridgehead atoms. The van der Waals surface area contributed by atoms with Crippen molar-refractivity contribution < 1.29 is 8.42 Å². The van der Waals surface area contributed by atoms with Gasteiger partial charge in [0, 0.05) is 11.6 Å². The van der Waals surface area contributed by atoms with E-state index < -0.39 is 9.84 Å². The maximum absolute atomic E-state index is 11.6. The lowest BCUT2D eigenvalue weighted by atomic mass is 10.3. The Bertz CT molecular complexity index is 909. The van der Waals surface area contributed by atoms with E-state index in [4.69, 9.17) is 5.73 Å². The quantitative estimate of drug-likeness (QED) is 0.769. The number of hydrogen-bond donors (Lipinski definition) is 2. The van der Waals surface area contributed by atoms with E-state index in [1.165, 1.54) is 17.6 Å². The van der Waals surface area contributed by atoms with Crippen LogP contribution in [0, 0.1) is 0 Å². The van der Waals surface area contributed by atoms with Gasteiger partial charge in [-0.2, -0.15) is 0 Å². The third kappa shape index (κ3) is 2.69. The molecular weight excluding hydrogens is 308 g/mol. The molecule has 1 aromatic carbocycles. The van der Waals surface area contributed by atoms with Gasteiger partial charge in [0.2, 0.25) is 0 Å². The summed E-state index contributed by atoms with van der Waals surface area (Å²) in [5.74, 6) is 0.610. The van der Waals surface area contributed by atoms with Crippen molar-refractivity contribution in [2.24, 2.45) is 5.73 Å². The first-order chi connectivity index (χ1) is 9.84. The summed E-state index contributed by atoms with van der Waals surface area (Å²) in [5, 5.41) is 2.72. The summed E-state index contributed by atoms with van der Waals surface area (Å²) in [4.78, 5) is 12.2. The number of rotatable bonds is 3. The molecule has 0 aliphatic carbocycles. The molecule has 0 aliphatic heterocycles. The predicted octanol–water partition coefficient (Wildman–Crippen LogP) is 2.11. The van der Waals surface area contributed by atoms with Crippen molar-refractivity contribution in [3.63, 3.8) is 0 Å². The predicted molar refractivity (Wildman–Crippen MR) is 82.9 cm³/mol. The molecule has 0 saturated carbocycles. The zero-order valence-electron chi connectivity index (χ0n) is 11.5. The minimum absolute atomic E-state index is 0.120. The van der Waals surface area contributed by atoms with E-state index in [0.717, 1.165) is 5.01 Å². The van der Waals surface area contributed by atoms with E-state index in [1.807, 2.05) is 12.3 Å². The van der Waals surface area contributed by atoms with Crippen LogP contribution in [0.5, 0.6) is 0 Å². The molecule has 0 amide bonds. The number of nitrogens with one attached hydrogen (secondary N) is 1. The largest absolute Gasteiger partial charge is 0.337 e. The fraction of sp³-hybridized carbons (Fsp3) is 0.231. The summed E-state index contributed by atoms with van der Waals surface area (Å²) < 4.78 is 23.1. The molecular formula is C13H14N4O2S2. The van der Waals surface area contributed by atoms with Crippen LogP contribution in [0.15, 0.2) is 28.5 Å². The standard InChI is InChI=1S/C13H14N4O2S2/c1-7(14)13-17-11(6-20-13)12-15-9-4-3-8(21(2,18)19)5-10(9)16-12/h3-7H,14H2,1-2H3,(H,15,16). The van der Waals surface area contributed by atoms with Gasteiger partial charge in [-0.3, -0.25) is 0 Å². The number of aromatic nitrogens is 3. The molecule has 0 radical (unpaired) electrons. The second kappa shape index (κ2) is 4.90. The number of benzene rings is 1. The molecule has 0 fully saturated rings. The van der Waals surface area contributed by atoms with Crippen LogP contribution in [-0.2, 0) is 9.84 Å². The molecule has 0 aliphatic rings. The Morgan fingerprint density at radius 2 is 2.10 bits per heavy atom. The van der Waals surface area contributed by atoms with Gasteiger partial charge < -0.3 is 10.7 Å². The highest BCUT2D eigenvalue weighted by Gasteiger charge is 2.13. The van der Waals surface area contributed by atoms with Crippen LogP contribution < -0.4 is 5.73 Å². The summed E-state index contributed by atoms with van der Waals surface area (Å²) in [6.45, 7) is 1.87. The highest BCUT2D eigenvalue weighted by Crippen LogP contribution is 2.25. The fourth-order valence-electron chi connectivity index (χ4n) is 1.95. The maximum atomic E-state index is 11.6. The van der Waals surface area contributed by atoms with Crippen LogP contribution >= 0.6 is 11.3 Å². The Labute approximate surface area is 126 Å². The number of sulfone groups is 1. The third-order valence-electron chi connectivity index (χ3n) is 3.04. The number of imidazole rings is 1. The van der Waals surface area contributed by atoms with Gasteiger partial charge in [-0.25, -0.2) is 18.4 Å². The van der Waals surface area contributed by atoms with Gasteiger partial charge in [0.1, 0.15) is 10.7 Å². The van der Waals surface area contributed by atoms with Gasteiger partial charge in [-0.15, -0.1) is 11.3 Å². The molecule has 0 spiro atoms. The molecule has 110 valence electrons. The number of nitrogens with zero attached hydrogens (tertiary/aromatic N) is 2. The minimum atomic E-state index is -3.23.